The predicted molar refractivity (Wildman–Crippen MR) is 77.3 cm³/mol. The van der Waals surface area contributed by atoms with Gasteiger partial charge < -0.3 is 5.32 Å². The quantitative estimate of drug-likeness (QED) is 0.911. The number of benzene rings is 2. The van der Waals surface area contributed by atoms with Crippen molar-refractivity contribution < 1.29 is 4.39 Å². The Kier molecular flexibility index (Phi) is 4.18. The van der Waals surface area contributed by atoms with Gasteiger partial charge in [-0.05, 0) is 64.3 Å². The average molecular weight is 319 g/mol. The molecule has 2 nitrogen and oxygen atoms in total. The fraction of sp³-hybridized carbons (Fsp3) is 0.133. The molecule has 0 fully saturated rings. The van der Waals surface area contributed by atoms with E-state index in [1.54, 1.807) is 6.07 Å². The molecule has 4 heteroatoms. The summed E-state index contributed by atoms with van der Waals surface area (Å²) in [7, 11) is 0. The highest BCUT2D eigenvalue weighted by Gasteiger charge is 2.03. The zero-order chi connectivity index (χ0) is 13.8. The highest BCUT2D eigenvalue weighted by molar-refractivity contribution is 9.10. The first-order valence-corrected chi connectivity index (χ1v) is 6.57. The fourth-order valence-electron chi connectivity index (χ4n) is 1.79. The Hall–Kier alpha value is -1.86. The molecule has 0 saturated heterocycles. The molecule has 0 amide bonds. The molecule has 0 unspecified atom stereocenters. The number of hydrogen-bond acceptors (Lipinski definition) is 2. The summed E-state index contributed by atoms with van der Waals surface area (Å²) in [4.78, 5) is 0. The number of nitriles is 1. The van der Waals surface area contributed by atoms with Crippen LogP contribution in [-0.4, -0.2) is 0 Å². The molecule has 0 aliphatic heterocycles. The summed E-state index contributed by atoms with van der Waals surface area (Å²) in [5.41, 5.74) is 3.16. The average Bonchev–Trinajstić information content (AvgIpc) is 2.39. The molecule has 2 aromatic carbocycles. The Bertz CT molecular complexity index is 647. The Morgan fingerprint density at radius 3 is 2.79 bits per heavy atom. The van der Waals surface area contributed by atoms with Gasteiger partial charge in [-0.15, -0.1) is 0 Å². The molecule has 0 aromatic heterocycles. The monoisotopic (exact) mass is 318 g/mol. The van der Waals surface area contributed by atoms with Crippen LogP contribution in [0.1, 0.15) is 16.7 Å². The second kappa shape index (κ2) is 5.85. The topological polar surface area (TPSA) is 35.8 Å². The number of rotatable bonds is 3. The van der Waals surface area contributed by atoms with E-state index >= 15 is 0 Å². The lowest BCUT2D eigenvalue weighted by atomic mass is 10.1. The third kappa shape index (κ3) is 3.55. The molecule has 1 N–H and O–H groups in total. The van der Waals surface area contributed by atoms with E-state index in [0.717, 1.165) is 21.3 Å². The molecule has 0 atom stereocenters. The van der Waals surface area contributed by atoms with Crippen molar-refractivity contribution in [3.63, 3.8) is 0 Å². The van der Waals surface area contributed by atoms with Gasteiger partial charge in [0.15, 0.2) is 0 Å². The highest BCUT2D eigenvalue weighted by atomic mass is 79.9. The van der Waals surface area contributed by atoms with Crippen LogP contribution in [0.3, 0.4) is 0 Å². The summed E-state index contributed by atoms with van der Waals surface area (Å²) in [6.45, 7) is 2.47. The SMILES string of the molecule is Cc1ccc(Br)c(NCc2cc(F)cc(C#N)c2)c1. The number of aryl methyl sites for hydroxylation is 1. The van der Waals surface area contributed by atoms with E-state index in [2.05, 4.69) is 21.2 Å². The van der Waals surface area contributed by atoms with Crippen molar-refractivity contribution in [2.75, 3.05) is 5.32 Å². The maximum absolute atomic E-state index is 13.3. The first kappa shape index (κ1) is 13.6. The minimum atomic E-state index is -0.390. The minimum Gasteiger partial charge on any atom is -0.380 e. The Labute approximate surface area is 120 Å². The van der Waals surface area contributed by atoms with E-state index in [0.29, 0.717) is 12.1 Å². The van der Waals surface area contributed by atoms with E-state index < -0.39 is 0 Å². The summed E-state index contributed by atoms with van der Waals surface area (Å²) < 4.78 is 14.2. The van der Waals surface area contributed by atoms with Gasteiger partial charge in [0.1, 0.15) is 5.82 Å². The molecule has 0 saturated carbocycles. The largest absolute Gasteiger partial charge is 0.380 e. The van der Waals surface area contributed by atoms with Crippen LogP contribution >= 0.6 is 15.9 Å². The standard InChI is InChI=1S/C15H12BrFN2/c1-10-2-3-14(16)15(4-10)19-9-12-5-11(8-18)6-13(17)7-12/h2-7,19H,9H2,1H3. The van der Waals surface area contributed by atoms with E-state index in [1.807, 2.05) is 31.2 Å². The minimum absolute atomic E-state index is 0.333. The van der Waals surface area contributed by atoms with Crippen molar-refractivity contribution in [2.45, 2.75) is 13.5 Å². The lowest BCUT2D eigenvalue weighted by Gasteiger charge is -2.10. The molecule has 0 spiro atoms. The van der Waals surface area contributed by atoms with Gasteiger partial charge in [-0.1, -0.05) is 6.07 Å². The van der Waals surface area contributed by atoms with Crippen LogP contribution < -0.4 is 5.32 Å². The Morgan fingerprint density at radius 2 is 2.05 bits per heavy atom. The first-order valence-electron chi connectivity index (χ1n) is 5.78. The number of anilines is 1. The number of nitrogens with zero attached hydrogens (tertiary/aromatic N) is 1. The predicted octanol–water partition coefficient (Wildman–Crippen LogP) is 4.38. The van der Waals surface area contributed by atoms with Crippen LogP contribution in [0.5, 0.6) is 0 Å². The third-order valence-electron chi connectivity index (χ3n) is 2.69. The molecule has 2 aromatic rings. The second-order valence-corrected chi connectivity index (χ2v) is 5.15. The molecule has 19 heavy (non-hydrogen) atoms. The Morgan fingerprint density at radius 1 is 1.26 bits per heavy atom. The van der Waals surface area contributed by atoms with Crippen LogP contribution in [0.15, 0.2) is 40.9 Å². The number of nitrogens with one attached hydrogen (secondary N) is 1. The summed E-state index contributed by atoms with van der Waals surface area (Å²) in [5.74, 6) is -0.390. The van der Waals surface area contributed by atoms with Gasteiger partial charge in [0.25, 0.3) is 0 Å². The van der Waals surface area contributed by atoms with Crippen LogP contribution in [0, 0.1) is 24.1 Å². The van der Waals surface area contributed by atoms with Crippen molar-refractivity contribution in [1.82, 2.24) is 0 Å². The van der Waals surface area contributed by atoms with Gasteiger partial charge in [-0.25, -0.2) is 4.39 Å². The molecule has 0 radical (unpaired) electrons. The summed E-state index contributed by atoms with van der Waals surface area (Å²) in [5, 5.41) is 12.0. The van der Waals surface area contributed by atoms with Gasteiger partial charge in [0.05, 0.1) is 11.6 Å². The maximum atomic E-state index is 13.3. The van der Waals surface area contributed by atoms with Crippen molar-refractivity contribution in [2.24, 2.45) is 0 Å². The zero-order valence-electron chi connectivity index (χ0n) is 10.4. The number of hydrogen-bond donors (Lipinski definition) is 1. The van der Waals surface area contributed by atoms with Crippen LogP contribution in [0.4, 0.5) is 10.1 Å². The second-order valence-electron chi connectivity index (χ2n) is 4.30. The van der Waals surface area contributed by atoms with Gasteiger partial charge in [0.2, 0.25) is 0 Å². The summed E-state index contributed by atoms with van der Waals surface area (Å²) in [6.07, 6.45) is 0. The van der Waals surface area contributed by atoms with Crippen molar-refractivity contribution in [3.05, 3.63) is 63.4 Å². The highest BCUT2D eigenvalue weighted by Crippen LogP contribution is 2.24. The number of halogens is 2. The van der Waals surface area contributed by atoms with Crippen molar-refractivity contribution >= 4 is 21.6 Å². The van der Waals surface area contributed by atoms with E-state index in [4.69, 9.17) is 5.26 Å². The van der Waals surface area contributed by atoms with Gasteiger partial charge in [-0.2, -0.15) is 5.26 Å². The summed E-state index contributed by atoms with van der Waals surface area (Å²) >= 11 is 3.46. The molecule has 96 valence electrons. The smallest absolute Gasteiger partial charge is 0.124 e. The van der Waals surface area contributed by atoms with Gasteiger partial charge in [-0.3, -0.25) is 0 Å². The zero-order valence-corrected chi connectivity index (χ0v) is 12.0. The molecular formula is C15H12BrFN2. The molecular weight excluding hydrogens is 307 g/mol. The molecule has 0 bridgehead atoms. The third-order valence-corrected chi connectivity index (χ3v) is 3.38. The van der Waals surface area contributed by atoms with Crippen molar-refractivity contribution in [3.8, 4) is 6.07 Å². The molecule has 0 heterocycles. The molecule has 2 rings (SSSR count). The van der Waals surface area contributed by atoms with E-state index in [1.165, 1.54) is 12.1 Å². The first-order chi connectivity index (χ1) is 9.08. The van der Waals surface area contributed by atoms with E-state index in [9.17, 15) is 4.39 Å². The van der Waals surface area contributed by atoms with Crippen LogP contribution in [0.25, 0.3) is 0 Å². The Balaban J connectivity index is 2.17. The van der Waals surface area contributed by atoms with Gasteiger partial charge in [0, 0.05) is 16.7 Å². The lowest BCUT2D eigenvalue weighted by Crippen LogP contribution is -2.01. The molecule has 0 aliphatic rings. The summed E-state index contributed by atoms with van der Waals surface area (Å²) in [6, 6.07) is 12.3. The molecule has 0 aliphatic carbocycles. The van der Waals surface area contributed by atoms with Crippen LogP contribution in [0.2, 0.25) is 0 Å². The van der Waals surface area contributed by atoms with Crippen molar-refractivity contribution in [1.29, 1.82) is 5.26 Å². The maximum Gasteiger partial charge on any atom is 0.124 e. The normalized spacial score (nSPS) is 10.0. The van der Waals surface area contributed by atoms with Gasteiger partial charge >= 0.3 is 0 Å². The van der Waals surface area contributed by atoms with Crippen LogP contribution in [-0.2, 0) is 6.54 Å². The van der Waals surface area contributed by atoms with E-state index in [-0.39, 0.29) is 5.82 Å². The fourth-order valence-corrected chi connectivity index (χ4v) is 2.18. The lowest BCUT2D eigenvalue weighted by molar-refractivity contribution is 0.625.